The van der Waals surface area contributed by atoms with Crippen molar-refractivity contribution >= 4 is 5.91 Å². The van der Waals surface area contributed by atoms with E-state index in [1.165, 1.54) is 154 Å². The van der Waals surface area contributed by atoms with Gasteiger partial charge in [0.05, 0.1) is 25.4 Å². The van der Waals surface area contributed by atoms with Gasteiger partial charge in [-0.2, -0.15) is 0 Å². The fourth-order valence-electron chi connectivity index (χ4n) is 9.28. The summed E-state index contributed by atoms with van der Waals surface area (Å²) in [5, 5.41) is 54.5. The fraction of sp³-hybridized carbons (Fsp3) is 0.794. The van der Waals surface area contributed by atoms with Gasteiger partial charge < -0.3 is 40.3 Å². The van der Waals surface area contributed by atoms with E-state index in [0.29, 0.717) is 6.42 Å². The highest BCUT2D eigenvalue weighted by atomic mass is 16.7. The van der Waals surface area contributed by atoms with Crippen LogP contribution in [0, 0.1) is 0 Å². The molecule has 72 heavy (non-hydrogen) atoms. The van der Waals surface area contributed by atoms with Crippen molar-refractivity contribution in [3.63, 3.8) is 0 Å². The molecule has 0 aromatic carbocycles. The molecule has 1 aliphatic rings. The summed E-state index contributed by atoms with van der Waals surface area (Å²) in [6.45, 7) is 3.66. The maximum absolute atomic E-state index is 13.0. The minimum absolute atomic E-state index is 0.201. The second kappa shape index (κ2) is 52.1. The van der Waals surface area contributed by atoms with E-state index in [1.54, 1.807) is 6.08 Å². The Morgan fingerprint density at radius 2 is 0.875 bits per heavy atom. The van der Waals surface area contributed by atoms with Gasteiger partial charge in [0.15, 0.2) is 6.29 Å². The van der Waals surface area contributed by atoms with Crippen LogP contribution >= 0.6 is 0 Å². The summed E-state index contributed by atoms with van der Waals surface area (Å²) in [5.41, 5.74) is 0. The van der Waals surface area contributed by atoms with Crippen LogP contribution in [0.1, 0.15) is 264 Å². The molecule has 7 unspecified atom stereocenters. The minimum atomic E-state index is -1.58. The van der Waals surface area contributed by atoms with E-state index >= 15 is 0 Å². The van der Waals surface area contributed by atoms with E-state index < -0.39 is 49.5 Å². The monoisotopic (exact) mass is 1010 g/mol. The number of nitrogens with one attached hydrogen (secondary N) is 1. The summed E-state index contributed by atoms with van der Waals surface area (Å²) in [4.78, 5) is 13.0. The number of aliphatic hydroxyl groups is 5. The number of amides is 1. The molecule has 0 bridgehead atoms. The molecular weight excluding hydrogens is 899 g/mol. The predicted octanol–water partition coefficient (Wildman–Crippen LogP) is 15.2. The van der Waals surface area contributed by atoms with Gasteiger partial charge in [-0.15, -0.1) is 0 Å². The molecule has 1 amide bonds. The standard InChI is InChI=1S/C63H113NO8/c1-3-5-7-9-11-13-15-17-19-21-23-24-25-26-27-28-29-30-31-32-33-35-36-38-40-42-44-46-48-50-52-57(66)56(55-71-63-62(70)61(69)60(68)58(54-65)72-63)64-59(67)53-51-49-47-45-43-41-39-37-34-22-20-18-16-14-12-10-8-6-4-2/h6,8,12,14,18,20,34,37,42,44,50,52,56-58,60-63,65-66,68-70H,3-5,7,9-11,13,15-17,19,21-33,35-36,38-41,43,45-49,51,53-55H2,1-2H3,(H,64,67)/b8-6-,14-12-,20-18-,37-34-,44-42+,52-50+. The maximum atomic E-state index is 13.0. The Balaban J connectivity index is 2.22. The van der Waals surface area contributed by atoms with Gasteiger partial charge in [-0.3, -0.25) is 4.79 Å². The third-order valence-corrected chi connectivity index (χ3v) is 14.0. The zero-order valence-electron chi connectivity index (χ0n) is 46.4. The molecule has 9 heteroatoms. The number of allylic oxidation sites excluding steroid dienone is 11. The Bertz CT molecular complexity index is 1360. The van der Waals surface area contributed by atoms with Crippen molar-refractivity contribution in [2.45, 2.75) is 307 Å². The SMILES string of the molecule is CC/C=C\C/C=C\C/C=C\C/C=C\CCCCCCCCC(=O)NC(COC1OC(CO)C(O)C(O)C1O)C(O)/C=C/CC/C=C/CCCCCCCCCCCCCCCCCCCCCCCCCC. The Morgan fingerprint density at radius 1 is 0.486 bits per heavy atom. The van der Waals surface area contributed by atoms with Crippen molar-refractivity contribution < 1.29 is 39.8 Å². The van der Waals surface area contributed by atoms with Crippen LogP contribution in [0.5, 0.6) is 0 Å². The summed E-state index contributed by atoms with van der Waals surface area (Å²) < 4.78 is 11.3. The normalized spacial score (nSPS) is 19.7. The van der Waals surface area contributed by atoms with E-state index in [2.05, 4.69) is 79.9 Å². The number of carbonyl (C=O) groups excluding carboxylic acids is 1. The number of rotatable bonds is 51. The Hall–Kier alpha value is -2.37. The van der Waals surface area contributed by atoms with Crippen LogP contribution in [0.15, 0.2) is 72.9 Å². The average Bonchev–Trinajstić information content (AvgIpc) is 3.38. The number of carbonyl (C=O) groups is 1. The fourth-order valence-corrected chi connectivity index (χ4v) is 9.28. The third kappa shape index (κ3) is 40.9. The molecule has 1 fully saturated rings. The molecule has 418 valence electrons. The number of unbranched alkanes of at least 4 members (excludes halogenated alkanes) is 31. The van der Waals surface area contributed by atoms with Gasteiger partial charge in [0.2, 0.25) is 5.91 Å². The molecular formula is C63H113NO8. The first-order valence-electron chi connectivity index (χ1n) is 30.2. The molecule has 1 heterocycles. The zero-order chi connectivity index (χ0) is 52.2. The number of hydrogen-bond donors (Lipinski definition) is 6. The molecule has 0 aromatic rings. The topological polar surface area (TPSA) is 149 Å². The first kappa shape index (κ1) is 67.6. The molecule has 0 radical (unpaired) electrons. The lowest BCUT2D eigenvalue weighted by atomic mass is 9.99. The molecule has 9 nitrogen and oxygen atoms in total. The van der Waals surface area contributed by atoms with Crippen LogP contribution in [0.2, 0.25) is 0 Å². The van der Waals surface area contributed by atoms with Gasteiger partial charge in [0.25, 0.3) is 0 Å². The summed E-state index contributed by atoms with van der Waals surface area (Å²) >= 11 is 0. The smallest absolute Gasteiger partial charge is 0.220 e. The van der Waals surface area contributed by atoms with Gasteiger partial charge >= 0.3 is 0 Å². The van der Waals surface area contributed by atoms with Gasteiger partial charge in [-0.1, -0.05) is 260 Å². The van der Waals surface area contributed by atoms with E-state index in [4.69, 9.17) is 9.47 Å². The molecule has 1 aliphatic heterocycles. The molecule has 1 rings (SSSR count). The Kier molecular flexibility index (Phi) is 48.9. The van der Waals surface area contributed by atoms with E-state index in [9.17, 15) is 30.3 Å². The van der Waals surface area contributed by atoms with Gasteiger partial charge in [-0.05, 0) is 70.6 Å². The lowest BCUT2D eigenvalue weighted by molar-refractivity contribution is -0.302. The quantitative estimate of drug-likeness (QED) is 0.0261. The lowest BCUT2D eigenvalue weighted by Crippen LogP contribution is -2.60. The minimum Gasteiger partial charge on any atom is -0.394 e. The molecule has 0 spiro atoms. The van der Waals surface area contributed by atoms with E-state index in [0.717, 1.165) is 89.9 Å². The molecule has 0 aliphatic carbocycles. The van der Waals surface area contributed by atoms with Gasteiger partial charge in [-0.25, -0.2) is 0 Å². The van der Waals surface area contributed by atoms with Crippen LogP contribution < -0.4 is 5.32 Å². The molecule has 7 atom stereocenters. The molecule has 0 saturated carbocycles. The summed E-state index contributed by atoms with van der Waals surface area (Å²) in [7, 11) is 0. The van der Waals surface area contributed by atoms with Gasteiger partial charge in [0, 0.05) is 6.42 Å². The highest BCUT2D eigenvalue weighted by molar-refractivity contribution is 5.76. The highest BCUT2D eigenvalue weighted by Crippen LogP contribution is 2.23. The van der Waals surface area contributed by atoms with Crippen molar-refractivity contribution in [1.82, 2.24) is 5.32 Å². The third-order valence-electron chi connectivity index (χ3n) is 14.0. The highest BCUT2D eigenvalue weighted by Gasteiger charge is 2.44. The molecule has 0 aromatic heterocycles. The second-order valence-corrected chi connectivity index (χ2v) is 20.8. The van der Waals surface area contributed by atoms with Crippen molar-refractivity contribution in [3.05, 3.63) is 72.9 Å². The van der Waals surface area contributed by atoms with Crippen LogP contribution in [0.4, 0.5) is 0 Å². The first-order valence-corrected chi connectivity index (χ1v) is 30.2. The van der Waals surface area contributed by atoms with Gasteiger partial charge in [0.1, 0.15) is 24.4 Å². The number of ether oxygens (including phenoxy) is 2. The van der Waals surface area contributed by atoms with Crippen molar-refractivity contribution in [1.29, 1.82) is 0 Å². The second-order valence-electron chi connectivity index (χ2n) is 20.8. The average molecular weight is 1010 g/mol. The number of aliphatic hydroxyl groups excluding tert-OH is 5. The Morgan fingerprint density at radius 3 is 1.33 bits per heavy atom. The zero-order valence-corrected chi connectivity index (χ0v) is 46.4. The van der Waals surface area contributed by atoms with E-state index in [1.807, 2.05) is 6.08 Å². The van der Waals surface area contributed by atoms with Crippen LogP contribution in [0.25, 0.3) is 0 Å². The predicted molar refractivity (Wildman–Crippen MR) is 304 cm³/mol. The van der Waals surface area contributed by atoms with Crippen LogP contribution in [-0.4, -0.2) is 87.5 Å². The summed E-state index contributed by atoms with van der Waals surface area (Å²) in [6, 6.07) is -0.835. The molecule has 6 N–H and O–H groups in total. The Labute approximate surface area is 442 Å². The van der Waals surface area contributed by atoms with Crippen molar-refractivity contribution in [2.75, 3.05) is 13.2 Å². The lowest BCUT2D eigenvalue weighted by Gasteiger charge is -2.40. The molecule has 1 saturated heterocycles. The maximum Gasteiger partial charge on any atom is 0.220 e. The first-order chi connectivity index (χ1) is 35.3. The van der Waals surface area contributed by atoms with Crippen molar-refractivity contribution in [3.8, 4) is 0 Å². The van der Waals surface area contributed by atoms with Crippen LogP contribution in [-0.2, 0) is 14.3 Å². The van der Waals surface area contributed by atoms with E-state index in [-0.39, 0.29) is 12.5 Å². The number of hydrogen-bond acceptors (Lipinski definition) is 8. The van der Waals surface area contributed by atoms with Crippen molar-refractivity contribution in [2.24, 2.45) is 0 Å². The summed E-state index contributed by atoms with van der Waals surface area (Å²) in [6.07, 6.45) is 65.6. The summed E-state index contributed by atoms with van der Waals surface area (Å²) in [5.74, 6) is -0.201. The van der Waals surface area contributed by atoms with Crippen LogP contribution in [0.3, 0.4) is 0 Å². The largest absolute Gasteiger partial charge is 0.394 e.